The molecule has 4 nitrogen and oxygen atoms in total. The van der Waals surface area contributed by atoms with E-state index in [1.165, 1.54) is 23.5 Å². The highest BCUT2D eigenvalue weighted by Gasteiger charge is 2.09. The average Bonchev–Trinajstić information content (AvgIpc) is 2.87. The fraction of sp³-hybridized carbons (Fsp3) is 0.143. The zero-order valence-corrected chi connectivity index (χ0v) is 14.5. The third-order valence-electron chi connectivity index (χ3n) is 2.61. The fourth-order valence-corrected chi connectivity index (χ4v) is 2.85. The smallest absolute Gasteiger partial charge is 0.277 e. The number of hydrogen-bond acceptors (Lipinski definition) is 4. The topological polar surface area (TPSA) is 50.7 Å². The Kier molecular flexibility index (Phi) is 6.08. The second-order valence-electron chi connectivity index (χ2n) is 4.25. The number of rotatable bonds is 5. The molecular formula is C14H11Cl3N2O2S. The monoisotopic (exact) mass is 376 g/mol. The van der Waals surface area contributed by atoms with Crippen LogP contribution in [-0.2, 0) is 4.79 Å². The van der Waals surface area contributed by atoms with E-state index >= 15 is 0 Å². The SMILES string of the molecule is Cc1ccsc1/C=N/NC(=O)COc1cc(Cl)c(Cl)cc1Cl. The highest BCUT2D eigenvalue weighted by Crippen LogP contribution is 2.33. The van der Waals surface area contributed by atoms with E-state index in [9.17, 15) is 4.79 Å². The molecule has 116 valence electrons. The summed E-state index contributed by atoms with van der Waals surface area (Å²) in [6.45, 7) is 1.73. The zero-order valence-electron chi connectivity index (χ0n) is 11.4. The first-order chi connectivity index (χ1) is 10.5. The Hall–Kier alpha value is -1.27. The number of nitrogens with one attached hydrogen (secondary N) is 1. The Morgan fingerprint density at radius 1 is 1.32 bits per heavy atom. The zero-order chi connectivity index (χ0) is 16.1. The fourth-order valence-electron chi connectivity index (χ4n) is 1.47. The molecule has 0 aliphatic carbocycles. The Morgan fingerprint density at radius 3 is 2.73 bits per heavy atom. The molecule has 1 aromatic heterocycles. The van der Waals surface area contributed by atoms with Crippen LogP contribution in [0.25, 0.3) is 0 Å². The van der Waals surface area contributed by atoms with Crippen molar-refractivity contribution in [1.82, 2.24) is 5.43 Å². The standard InChI is InChI=1S/C14H11Cl3N2O2S/c1-8-2-3-22-13(8)6-18-19-14(20)7-21-12-5-10(16)9(15)4-11(12)17/h2-6H,7H2,1H3,(H,19,20)/b18-6+. The van der Waals surface area contributed by atoms with E-state index in [4.69, 9.17) is 39.5 Å². The van der Waals surface area contributed by atoms with Crippen molar-refractivity contribution in [1.29, 1.82) is 0 Å². The molecule has 0 atom stereocenters. The van der Waals surface area contributed by atoms with Crippen molar-refractivity contribution in [2.45, 2.75) is 6.92 Å². The normalized spacial score (nSPS) is 10.9. The molecule has 0 spiro atoms. The van der Waals surface area contributed by atoms with Gasteiger partial charge in [-0.15, -0.1) is 11.3 Å². The first-order valence-corrected chi connectivity index (χ1v) is 8.12. The summed E-state index contributed by atoms with van der Waals surface area (Å²) < 4.78 is 5.29. The Bertz CT molecular complexity index is 716. The molecule has 0 radical (unpaired) electrons. The van der Waals surface area contributed by atoms with E-state index in [0.717, 1.165) is 10.4 Å². The average molecular weight is 378 g/mol. The van der Waals surface area contributed by atoms with Crippen molar-refractivity contribution >= 4 is 58.3 Å². The van der Waals surface area contributed by atoms with Crippen molar-refractivity contribution in [3.63, 3.8) is 0 Å². The molecule has 0 saturated carbocycles. The van der Waals surface area contributed by atoms with Crippen LogP contribution in [0.15, 0.2) is 28.7 Å². The number of aryl methyl sites for hydroxylation is 1. The minimum atomic E-state index is -0.410. The molecule has 0 aliphatic rings. The molecule has 2 rings (SSSR count). The Balaban J connectivity index is 1.87. The highest BCUT2D eigenvalue weighted by molar-refractivity contribution is 7.11. The van der Waals surface area contributed by atoms with Crippen LogP contribution in [0.4, 0.5) is 0 Å². The molecule has 1 aromatic carbocycles. The van der Waals surface area contributed by atoms with E-state index in [1.807, 2.05) is 18.4 Å². The lowest BCUT2D eigenvalue weighted by atomic mass is 10.3. The predicted molar refractivity (Wildman–Crippen MR) is 91.8 cm³/mol. The quantitative estimate of drug-likeness (QED) is 0.472. The minimum Gasteiger partial charge on any atom is -0.482 e. The van der Waals surface area contributed by atoms with Gasteiger partial charge in [0.15, 0.2) is 6.61 Å². The van der Waals surface area contributed by atoms with Gasteiger partial charge in [0.1, 0.15) is 5.75 Å². The Morgan fingerprint density at radius 2 is 2.05 bits per heavy atom. The molecule has 0 unspecified atom stereocenters. The van der Waals surface area contributed by atoms with Crippen molar-refractivity contribution in [3.05, 3.63) is 49.1 Å². The second kappa shape index (κ2) is 7.83. The van der Waals surface area contributed by atoms with Gasteiger partial charge in [-0.1, -0.05) is 34.8 Å². The maximum Gasteiger partial charge on any atom is 0.277 e. The van der Waals surface area contributed by atoms with Gasteiger partial charge in [-0.3, -0.25) is 4.79 Å². The van der Waals surface area contributed by atoms with Gasteiger partial charge in [-0.25, -0.2) is 5.43 Å². The van der Waals surface area contributed by atoms with Gasteiger partial charge in [0.05, 0.1) is 21.3 Å². The predicted octanol–water partition coefficient (Wildman–Crippen LogP) is 4.55. The van der Waals surface area contributed by atoms with Crippen LogP contribution in [0.3, 0.4) is 0 Å². The van der Waals surface area contributed by atoms with Crippen LogP contribution in [0.1, 0.15) is 10.4 Å². The van der Waals surface area contributed by atoms with Gasteiger partial charge in [0.2, 0.25) is 0 Å². The lowest BCUT2D eigenvalue weighted by molar-refractivity contribution is -0.123. The van der Waals surface area contributed by atoms with E-state index in [1.54, 1.807) is 6.21 Å². The van der Waals surface area contributed by atoms with Crippen LogP contribution >= 0.6 is 46.1 Å². The number of benzene rings is 1. The number of thiophene rings is 1. The van der Waals surface area contributed by atoms with Crippen molar-refractivity contribution in [2.75, 3.05) is 6.61 Å². The Labute approximate surface area is 146 Å². The summed E-state index contributed by atoms with van der Waals surface area (Å²) in [7, 11) is 0. The molecule has 2 aromatic rings. The molecule has 1 heterocycles. The van der Waals surface area contributed by atoms with Gasteiger partial charge >= 0.3 is 0 Å². The van der Waals surface area contributed by atoms with Gasteiger partial charge in [0, 0.05) is 10.9 Å². The lowest BCUT2D eigenvalue weighted by Gasteiger charge is -2.08. The van der Waals surface area contributed by atoms with Crippen molar-refractivity contribution < 1.29 is 9.53 Å². The van der Waals surface area contributed by atoms with Gasteiger partial charge < -0.3 is 4.74 Å². The number of nitrogens with zero attached hydrogens (tertiary/aromatic N) is 1. The van der Waals surface area contributed by atoms with Crippen molar-refractivity contribution in [2.24, 2.45) is 5.10 Å². The molecule has 0 aliphatic heterocycles. The molecule has 0 saturated heterocycles. The van der Waals surface area contributed by atoms with E-state index < -0.39 is 5.91 Å². The maximum absolute atomic E-state index is 11.6. The number of hydrogen-bond donors (Lipinski definition) is 1. The largest absolute Gasteiger partial charge is 0.482 e. The summed E-state index contributed by atoms with van der Waals surface area (Å²) in [6.07, 6.45) is 1.59. The number of ether oxygens (including phenoxy) is 1. The van der Waals surface area contributed by atoms with Crippen LogP contribution in [0, 0.1) is 6.92 Å². The summed E-state index contributed by atoms with van der Waals surface area (Å²) >= 11 is 19.2. The third-order valence-corrected chi connectivity index (χ3v) is 4.58. The summed E-state index contributed by atoms with van der Waals surface area (Å²) in [5.41, 5.74) is 3.47. The third kappa shape index (κ3) is 4.61. The first kappa shape index (κ1) is 17.1. The second-order valence-corrected chi connectivity index (χ2v) is 6.42. The summed E-state index contributed by atoms with van der Waals surface area (Å²) in [6, 6.07) is 4.89. The molecule has 8 heteroatoms. The lowest BCUT2D eigenvalue weighted by Crippen LogP contribution is -2.24. The van der Waals surface area contributed by atoms with Crippen LogP contribution in [0.5, 0.6) is 5.75 Å². The number of carbonyl (C=O) groups is 1. The molecule has 0 bridgehead atoms. The van der Waals surface area contributed by atoms with E-state index in [2.05, 4.69) is 10.5 Å². The summed E-state index contributed by atoms with van der Waals surface area (Å²) in [4.78, 5) is 12.6. The highest BCUT2D eigenvalue weighted by atomic mass is 35.5. The van der Waals surface area contributed by atoms with Crippen molar-refractivity contribution in [3.8, 4) is 5.75 Å². The minimum absolute atomic E-state index is 0.238. The number of hydrazone groups is 1. The number of amides is 1. The van der Waals surface area contributed by atoms with Crippen LogP contribution in [0.2, 0.25) is 15.1 Å². The summed E-state index contributed by atoms with van der Waals surface area (Å²) in [5, 5.41) is 6.71. The molecule has 0 fully saturated rings. The molecule has 1 N–H and O–H groups in total. The maximum atomic E-state index is 11.6. The van der Waals surface area contributed by atoms with Crippen LogP contribution in [-0.4, -0.2) is 18.7 Å². The molecule has 22 heavy (non-hydrogen) atoms. The summed E-state index contributed by atoms with van der Waals surface area (Å²) in [5.74, 6) is -0.128. The number of halogens is 3. The van der Waals surface area contributed by atoms with Gasteiger partial charge in [-0.05, 0) is 30.0 Å². The van der Waals surface area contributed by atoms with Gasteiger partial charge in [0.25, 0.3) is 5.91 Å². The molecule has 1 amide bonds. The van der Waals surface area contributed by atoms with Crippen LogP contribution < -0.4 is 10.2 Å². The molecular weight excluding hydrogens is 367 g/mol. The van der Waals surface area contributed by atoms with E-state index in [-0.39, 0.29) is 17.4 Å². The first-order valence-electron chi connectivity index (χ1n) is 6.10. The number of carbonyl (C=O) groups excluding carboxylic acids is 1. The van der Waals surface area contributed by atoms with Gasteiger partial charge in [-0.2, -0.15) is 5.10 Å². The van der Waals surface area contributed by atoms with E-state index in [0.29, 0.717) is 10.0 Å².